The number of aromatic nitrogens is 2. The molecule has 1 aromatic carbocycles. The number of likely N-dealkylation sites (tertiary alicyclic amines) is 1. The fourth-order valence-corrected chi connectivity index (χ4v) is 6.68. The van der Waals surface area contributed by atoms with E-state index in [1.807, 2.05) is 25.1 Å². The number of H-pyrrole nitrogens is 1. The van der Waals surface area contributed by atoms with Gasteiger partial charge in [0.05, 0.1) is 5.69 Å². The maximum Gasteiger partial charge on any atom is 0.345 e. The van der Waals surface area contributed by atoms with E-state index in [0.717, 1.165) is 42.5 Å². The minimum Gasteiger partial charge on any atom is -0.506 e. The summed E-state index contributed by atoms with van der Waals surface area (Å²) in [5.41, 5.74) is 2.66. The van der Waals surface area contributed by atoms with Gasteiger partial charge in [-0.05, 0) is 63.0 Å². The monoisotopic (exact) mass is 504 g/mol. The summed E-state index contributed by atoms with van der Waals surface area (Å²) in [5, 5.41) is 20.9. The third-order valence-electron chi connectivity index (χ3n) is 8.79. The van der Waals surface area contributed by atoms with Crippen molar-refractivity contribution < 1.29 is 15.0 Å². The third kappa shape index (κ3) is 4.08. The first-order valence-corrected chi connectivity index (χ1v) is 12.9. The molecule has 1 saturated heterocycles. The summed E-state index contributed by atoms with van der Waals surface area (Å²) in [6, 6.07) is 8.72. The van der Waals surface area contributed by atoms with Crippen LogP contribution in [-0.2, 0) is 20.0 Å². The molecular weight excluding hydrogens is 468 g/mol. The number of aromatic amines is 1. The largest absolute Gasteiger partial charge is 0.506 e. The lowest BCUT2D eigenvalue weighted by molar-refractivity contribution is 0.0691. The van der Waals surface area contributed by atoms with Gasteiger partial charge in [-0.15, -0.1) is 6.58 Å². The molecule has 2 aliphatic rings. The molecular formula is C29H36N4O4. The zero-order valence-corrected chi connectivity index (χ0v) is 22.0. The van der Waals surface area contributed by atoms with Crippen LogP contribution in [0.5, 0.6) is 5.75 Å². The molecule has 3 aromatic rings. The molecule has 3 atom stereocenters. The van der Waals surface area contributed by atoms with Crippen molar-refractivity contribution in [2.24, 2.45) is 18.4 Å². The van der Waals surface area contributed by atoms with E-state index in [1.165, 1.54) is 12.1 Å². The Morgan fingerprint density at radius 1 is 1.32 bits per heavy atom. The quantitative estimate of drug-likeness (QED) is 0.423. The van der Waals surface area contributed by atoms with Crippen LogP contribution in [0.2, 0.25) is 0 Å². The first-order chi connectivity index (χ1) is 17.6. The van der Waals surface area contributed by atoms with Gasteiger partial charge in [-0.25, -0.2) is 4.79 Å². The minimum absolute atomic E-state index is 0.180. The van der Waals surface area contributed by atoms with E-state index in [0.29, 0.717) is 29.6 Å². The van der Waals surface area contributed by atoms with Crippen LogP contribution in [0.15, 0.2) is 41.7 Å². The van der Waals surface area contributed by atoms with Gasteiger partial charge in [0, 0.05) is 60.3 Å². The lowest BCUT2D eigenvalue weighted by Gasteiger charge is -2.27. The minimum atomic E-state index is -1.44. The molecule has 2 aromatic heterocycles. The maximum absolute atomic E-state index is 12.4. The molecule has 3 N–H and O–H groups in total. The lowest BCUT2D eigenvalue weighted by Crippen LogP contribution is -2.31. The van der Waals surface area contributed by atoms with E-state index >= 15 is 0 Å². The molecule has 0 spiro atoms. The summed E-state index contributed by atoms with van der Waals surface area (Å²) in [5.74, 6) is -1.27. The summed E-state index contributed by atoms with van der Waals surface area (Å²) >= 11 is 0. The normalized spacial score (nSPS) is 23.7. The summed E-state index contributed by atoms with van der Waals surface area (Å²) in [6.07, 6.45) is 4.95. The van der Waals surface area contributed by atoms with Crippen LogP contribution in [0.3, 0.4) is 0 Å². The fourth-order valence-electron chi connectivity index (χ4n) is 6.68. The lowest BCUT2D eigenvalue weighted by atomic mass is 9.81. The number of carboxylic acids is 1. The predicted molar refractivity (Wildman–Crippen MR) is 145 cm³/mol. The van der Waals surface area contributed by atoms with Gasteiger partial charge in [-0.1, -0.05) is 19.1 Å². The fraction of sp³-hybridized carbons (Fsp3) is 0.448. The molecule has 3 heterocycles. The number of aromatic hydroxyl groups is 1. The van der Waals surface area contributed by atoms with Crippen LogP contribution in [0.25, 0.3) is 22.2 Å². The SMILES string of the molecule is C=C[C@@]12C[C@H](N(C)C)C[C@@H]1CN(Cc1cc3cc(-c4[nH]c(=O)c(C(=O)O)c(O)c4CC)ccc3n1C)C2. The van der Waals surface area contributed by atoms with Gasteiger partial charge in [0.1, 0.15) is 5.75 Å². The highest BCUT2D eigenvalue weighted by atomic mass is 16.4. The highest BCUT2D eigenvalue weighted by Gasteiger charge is 2.51. The number of benzene rings is 1. The molecule has 8 heteroatoms. The Hall–Kier alpha value is -3.36. The number of hydrogen-bond donors (Lipinski definition) is 3. The molecule has 0 radical (unpaired) electrons. The van der Waals surface area contributed by atoms with Crippen molar-refractivity contribution in [1.82, 2.24) is 19.4 Å². The number of nitrogens with zero attached hydrogens (tertiary/aromatic N) is 3. The molecule has 2 fully saturated rings. The Kier molecular flexibility index (Phi) is 6.28. The molecule has 1 aliphatic heterocycles. The Labute approximate surface area is 216 Å². The van der Waals surface area contributed by atoms with Crippen molar-refractivity contribution in [2.75, 3.05) is 27.2 Å². The van der Waals surface area contributed by atoms with Crippen molar-refractivity contribution in [3.05, 3.63) is 64.1 Å². The van der Waals surface area contributed by atoms with Crippen molar-refractivity contribution in [3.8, 4) is 17.0 Å². The molecule has 37 heavy (non-hydrogen) atoms. The predicted octanol–water partition coefficient (Wildman–Crippen LogP) is 3.83. The van der Waals surface area contributed by atoms with E-state index in [1.54, 1.807) is 0 Å². The number of carboxylic acid groups (broad SMARTS) is 1. The summed E-state index contributed by atoms with van der Waals surface area (Å²) in [4.78, 5) is 31.5. The topological polar surface area (TPSA) is 102 Å². The summed E-state index contributed by atoms with van der Waals surface area (Å²) < 4.78 is 2.21. The highest BCUT2D eigenvalue weighted by molar-refractivity contribution is 5.92. The molecule has 0 amide bonds. The van der Waals surface area contributed by atoms with Crippen LogP contribution >= 0.6 is 0 Å². The second-order valence-electron chi connectivity index (χ2n) is 11.0. The molecule has 5 rings (SSSR count). The molecule has 196 valence electrons. The number of carbonyl (C=O) groups is 1. The van der Waals surface area contributed by atoms with Gasteiger partial charge in [0.15, 0.2) is 5.56 Å². The number of aromatic carboxylic acids is 1. The number of rotatable bonds is 7. The van der Waals surface area contributed by atoms with Crippen LogP contribution < -0.4 is 5.56 Å². The summed E-state index contributed by atoms with van der Waals surface area (Å²) in [7, 11) is 6.42. The van der Waals surface area contributed by atoms with E-state index < -0.39 is 22.8 Å². The number of fused-ring (bicyclic) bond motifs is 2. The van der Waals surface area contributed by atoms with Gasteiger partial charge < -0.3 is 24.7 Å². The number of nitrogens with one attached hydrogen (secondary N) is 1. The molecule has 0 unspecified atom stereocenters. The van der Waals surface area contributed by atoms with Crippen LogP contribution in [-0.4, -0.2) is 68.8 Å². The van der Waals surface area contributed by atoms with Gasteiger partial charge in [-0.2, -0.15) is 0 Å². The van der Waals surface area contributed by atoms with Crippen molar-refractivity contribution in [1.29, 1.82) is 0 Å². The second-order valence-corrected chi connectivity index (χ2v) is 11.0. The molecule has 1 aliphatic carbocycles. The van der Waals surface area contributed by atoms with Crippen LogP contribution in [0, 0.1) is 11.3 Å². The average molecular weight is 505 g/mol. The first kappa shape index (κ1) is 25.3. The van der Waals surface area contributed by atoms with Crippen LogP contribution in [0.1, 0.15) is 41.4 Å². The second kappa shape index (κ2) is 9.19. The smallest absolute Gasteiger partial charge is 0.345 e. The Morgan fingerprint density at radius 2 is 2.08 bits per heavy atom. The van der Waals surface area contributed by atoms with Crippen LogP contribution in [0.4, 0.5) is 0 Å². The zero-order chi connectivity index (χ0) is 26.6. The van der Waals surface area contributed by atoms with Crippen molar-refractivity contribution in [3.63, 3.8) is 0 Å². The Balaban J connectivity index is 1.44. The highest BCUT2D eigenvalue weighted by Crippen LogP contribution is 2.51. The van der Waals surface area contributed by atoms with Crippen molar-refractivity contribution >= 4 is 16.9 Å². The van der Waals surface area contributed by atoms with E-state index in [-0.39, 0.29) is 5.41 Å². The van der Waals surface area contributed by atoms with E-state index in [2.05, 4.69) is 59.2 Å². The molecule has 1 saturated carbocycles. The van der Waals surface area contributed by atoms with Gasteiger partial charge in [-0.3, -0.25) is 9.69 Å². The number of pyridine rings is 1. The number of aryl methyl sites for hydroxylation is 1. The third-order valence-corrected chi connectivity index (χ3v) is 8.79. The van der Waals surface area contributed by atoms with Gasteiger partial charge in [0.2, 0.25) is 0 Å². The molecule has 8 nitrogen and oxygen atoms in total. The van der Waals surface area contributed by atoms with Gasteiger partial charge in [0.25, 0.3) is 5.56 Å². The van der Waals surface area contributed by atoms with Gasteiger partial charge >= 0.3 is 5.97 Å². The van der Waals surface area contributed by atoms with E-state index in [4.69, 9.17) is 0 Å². The molecule has 0 bridgehead atoms. The standard InChI is InChI=1S/C29H36N4O4/c1-6-22-25(30-27(35)24(26(22)34)28(36)37)17-8-9-23-18(10-17)11-21(32(23)5)15-33-14-19-12-20(31(3)4)13-29(19,7-2)16-33/h7-11,19-20H,2,6,12-16H2,1,3-5H3,(H,36,37)(H2,30,34,35)/t19-,20-,29+/m1/s1. The number of hydrogen-bond acceptors (Lipinski definition) is 5. The Bertz CT molecular complexity index is 1450. The maximum atomic E-state index is 12.4. The van der Waals surface area contributed by atoms with Crippen molar-refractivity contribution in [2.45, 2.75) is 38.8 Å². The average Bonchev–Trinajstić information content (AvgIpc) is 3.47. The first-order valence-electron chi connectivity index (χ1n) is 12.9. The summed E-state index contributed by atoms with van der Waals surface area (Å²) in [6.45, 7) is 8.98. The zero-order valence-electron chi connectivity index (χ0n) is 22.0. The van der Waals surface area contributed by atoms with E-state index in [9.17, 15) is 19.8 Å². The Morgan fingerprint density at radius 3 is 2.70 bits per heavy atom.